The molecular weight excluding hydrogens is 164 g/mol. The van der Waals surface area contributed by atoms with Crippen LogP contribution in [0.2, 0.25) is 0 Å². The minimum absolute atomic E-state index is 0.606. The highest BCUT2D eigenvalue weighted by atomic mass is 16.5. The van der Waals surface area contributed by atoms with E-state index in [0.717, 1.165) is 18.5 Å². The van der Waals surface area contributed by atoms with Crippen LogP contribution in [0.3, 0.4) is 0 Å². The third-order valence-corrected chi connectivity index (χ3v) is 1.51. The summed E-state index contributed by atoms with van der Waals surface area (Å²) in [5.41, 5.74) is 0. The second kappa shape index (κ2) is 6.00. The van der Waals surface area contributed by atoms with Gasteiger partial charge in [0.2, 0.25) is 0 Å². The number of rotatable bonds is 5. The van der Waals surface area contributed by atoms with Crippen molar-refractivity contribution >= 4 is 6.29 Å². The van der Waals surface area contributed by atoms with Gasteiger partial charge in [0.25, 0.3) is 0 Å². The van der Waals surface area contributed by atoms with Crippen molar-refractivity contribution in [2.24, 2.45) is 0 Å². The summed E-state index contributed by atoms with van der Waals surface area (Å²) in [6.07, 6.45) is 4.79. The molecular formula is C11H12O2. The summed E-state index contributed by atoms with van der Waals surface area (Å²) in [7, 11) is 0. The highest BCUT2D eigenvalue weighted by Gasteiger charge is 1.88. The number of allylic oxidation sites excluding steroid dienone is 1. The molecule has 68 valence electrons. The second-order valence-electron chi connectivity index (χ2n) is 2.51. The number of hydrogen-bond acceptors (Lipinski definition) is 2. The molecule has 2 heteroatoms. The van der Waals surface area contributed by atoms with E-state index in [1.807, 2.05) is 30.3 Å². The molecule has 0 fully saturated rings. The van der Waals surface area contributed by atoms with Gasteiger partial charge in [-0.05, 0) is 24.6 Å². The van der Waals surface area contributed by atoms with Gasteiger partial charge in [0.15, 0.2) is 0 Å². The molecule has 0 saturated carbocycles. The molecule has 1 aromatic rings. The van der Waals surface area contributed by atoms with Crippen LogP contribution in [-0.2, 0) is 4.79 Å². The fourth-order valence-electron chi connectivity index (χ4n) is 0.913. The second-order valence-corrected chi connectivity index (χ2v) is 2.51. The highest BCUT2D eigenvalue weighted by molar-refractivity contribution is 5.64. The zero-order chi connectivity index (χ0) is 9.36. The number of ether oxygens (including phenoxy) is 1. The van der Waals surface area contributed by atoms with Crippen molar-refractivity contribution in [2.45, 2.75) is 6.42 Å². The molecule has 1 aromatic carbocycles. The van der Waals surface area contributed by atoms with E-state index in [0.29, 0.717) is 6.61 Å². The summed E-state index contributed by atoms with van der Waals surface area (Å²) in [5, 5.41) is 0. The van der Waals surface area contributed by atoms with E-state index in [1.54, 1.807) is 6.08 Å². The molecule has 0 unspecified atom stereocenters. The third kappa shape index (κ3) is 4.11. The van der Waals surface area contributed by atoms with Gasteiger partial charge in [-0.2, -0.15) is 0 Å². The summed E-state index contributed by atoms with van der Waals surface area (Å²) in [5.74, 6) is 0.863. The minimum Gasteiger partial charge on any atom is -0.493 e. The van der Waals surface area contributed by atoms with Gasteiger partial charge in [0.05, 0.1) is 6.61 Å². The fraction of sp³-hybridized carbons (Fsp3) is 0.182. The van der Waals surface area contributed by atoms with Gasteiger partial charge in [0.1, 0.15) is 12.0 Å². The van der Waals surface area contributed by atoms with Crippen LogP contribution in [0.25, 0.3) is 0 Å². The first-order valence-electron chi connectivity index (χ1n) is 4.21. The Bertz CT molecular complexity index is 265. The normalized spacial score (nSPS) is 10.2. The Labute approximate surface area is 77.8 Å². The number of benzene rings is 1. The Hall–Kier alpha value is -1.57. The van der Waals surface area contributed by atoms with Gasteiger partial charge >= 0.3 is 0 Å². The molecule has 0 bridgehead atoms. The van der Waals surface area contributed by atoms with Crippen molar-refractivity contribution in [1.82, 2.24) is 0 Å². The molecule has 0 saturated heterocycles. The summed E-state index contributed by atoms with van der Waals surface area (Å²) >= 11 is 0. The number of carbonyl (C=O) groups is 1. The largest absolute Gasteiger partial charge is 0.493 e. The quantitative estimate of drug-likeness (QED) is 0.390. The first kappa shape index (κ1) is 9.52. The van der Waals surface area contributed by atoms with Crippen molar-refractivity contribution in [3.8, 4) is 5.75 Å². The van der Waals surface area contributed by atoms with Crippen molar-refractivity contribution < 1.29 is 9.53 Å². The first-order valence-corrected chi connectivity index (χ1v) is 4.21. The van der Waals surface area contributed by atoms with Crippen molar-refractivity contribution in [3.05, 3.63) is 42.5 Å². The van der Waals surface area contributed by atoms with Gasteiger partial charge in [0, 0.05) is 0 Å². The smallest absolute Gasteiger partial charge is 0.142 e. The Morgan fingerprint density at radius 1 is 1.23 bits per heavy atom. The van der Waals surface area contributed by atoms with Crippen molar-refractivity contribution in [1.29, 1.82) is 0 Å². The van der Waals surface area contributed by atoms with Gasteiger partial charge in [-0.25, -0.2) is 0 Å². The predicted octanol–water partition coefficient (Wildman–Crippen LogP) is 2.21. The fourth-order valence-corrected chi connectivity index (χ4v) is 0.913. The molecule has 0 N–H and O–H groups in total. The van der Waals surface area contributed by atoms with E-state index in [2.05, 4.69) is 0 Å². The lowest BCUT2D eigenvalue weighted by atomic mass is 10.3. The van der Waals surface area contributed by atoms with Crippen LogP contribution in [0.4, 0.5) is 0 Å². The Morgan fingerprint density at radius 3 is 2.69 bits per heavy atom. The average Bonchev–Trinajstić information content (AvgIpc) is 2.19. The molecule has 0 atom stereocenters. The van der Waals surface area contributed by atoms with Crippen LogP contribution in [-0.4, -0.2) is 12.9 Å². The molecule has 0 aliphatic heterocycles. The van der Waals surface area contributed by atoms with Crippen LogP contribution in [0.1, 0.15) is 6.42 Å². The number of hydrogen-bond donors (Lipinski definition) is 0. The minimum atomic E-state index is 0.606. The molecule has 13 heavy (non-hydrogen) atoms. The summed E-state index contributed by atoms with van der Waals surface area (Å²) in [6.45, 7) is 0.606. The van der Waals surface area contributed by atoms with Gasteiger partial charge < -0.3 is 4.74 Å². The lowest BCUT2D eigenvalue weighted by Gasteiger charge is -2.02. The molecule has 0 amide bonds. The van der Waals surface area contributed by atoms with Crippen molar-refractivity contribution in [2.75, 3.05) is 6.61 Å². The van der Waals surface area contributed by atoms with Gasteiger partial charge in [-0.15, -0.1) is 0 Å². The van der Waals surface area contributed by atoms with Gasteiger partial charge in [-0.1, -0.05) is 24.3 Å². The van der Waals surface area contributed by atoms with E-state index in [1.165, 1.54) is 6.08 Å². The zero-order valence-corrected chi connectivity index (χ0v) is 7.35. The number of para-hydroxylation sites is 1. The Morgan fingerprint density at radius 2 is 2.00 bits per heavy atom. The lowest BCUT2D eigenvalue weighted by molar-refractivity contribution is -0.104. The van der Waals surface area contributed by atoms with E-state index < -0.39 is 0 Å². The third-order valence-electron chi connectivity index (χ3n) is 1.51. The molecule has 1 rings (SSSR count). The van der Waals surface area contributed by atoms with E-state index in [-0.39, 0.29) is 0 Å². The van der Waals surface area contributed by atoms with Crippen LogP contribution in [0.15, 0.2) is 42.5 Å². The Kier molecular flexibility index (Phi) is 4.39. The molecule has 0 heterocycles. The molecule has 0 aliphatic rings. The topological polar surface area (TPSA) is 26.3 Å². The number of carbonyl (C=O) groups excluding carboxylic acids is 1. The van der Waals surface area contributed by atoms with E-state index in [9.17, 15) is 4.79 Å². The van der Waals surface area contributed by atoms with Crippen LogP contribution in [0.5, 0.6) is 5.75 Å². The molecule has 0 aromatic heterocycles. The SMILES string of the molecule is O=CC=CCCOc1ccccc1. The highest BCUT2D eigenvalue weighted by Crippen LogP contribution is 2.08. The molecule has 2 nitrogen and oxygen atoms in total. The lowest BCUT2D eigenvalue weighted by Crippen LogP contribution is -1.94. The van der Waals surface area contributed by atoms with Crippen LogP contribution in [0, 0.1) is 0 Å². The van der Waals surface area contributed by atoms with Gasteiger partial charge in [-0.3, -0.25) is 4.79 Å². The van der Waals surface area contributed by atoms with Crippen LogP contribution >= 0.6 is 0 Å². The summed E-state index contributed by atoms with van der Waals surface area (Å²) in [4.78, 5) is 9.91. The van der Waals surface area contributed by atoms with E-state index in [4.69, 9.17) is 4.74 Å². The maximum absolute atomic E-state index is 9.91. The first-order chi connectivity index (χ1) is 6.43. The monoisotopic (exact) mass is 176 g/mol. The number of aldehydes is 1. The average molecular weight is 176 g/mol. The summed E-state index contributed by atoms with van der Waals surface area (Å²) < 4.78 is 5.39. The predicted molar refractivity (Wildman–Crippen MR) is 51.8 cm³/mol. The molecule has 0 radical (unpaired) electrons. The summed E-state index contributed by atoms with van der Waals surface area (Å²) in [6, 6.07) is 9.61. The van der Waals surface area contributed by atoms with Crippen molar-refractivity contribution in [3.63, 3.8) is 0 Å². The maximum atomic E-state index is 9.91. The van der Waals surface area contributed by atoms with E-state index >= 15 is 0 Å². The molecule has 0 aliphatic carbocycles. The zero-order valence-electron chi connectivity index (χ0n) is 7.35. The standard InChI is InChI=1S/C11H12O2/c12-9-5-2-6-10-13-11-7-3-1-4-8-11/h1-5,7-9H,6,10H2. The van der Waals surface area contributed by atoms with Crippen LogP contribution < -0.4 is 4.74 Å². The Balaban J connectivity index is 2.20. The maximum Gasteiger partial charge on any atom is 0.142 e. The molecule has 0 spiro atoms.